The molecular formula is C16H17N3O4S. The topological polar surface area (TPSA) is 109 Å². The number of carbonyl (C=O) groups excluding carboxylic acids is 1. The summed E-state index contributed by atoms with van der Waals surface area (Å²) in [6.45, 7) is 0.323. The molecule has 0 bridgehead atoms. The number of sulfone groups is 1. The average Bonchev–Trinajstić information content (AvgIpc) is 2.86. The van der Waals surface area contributed by atoms with E-state index in [4.69, 9.17) is 0 Å². The van der Waals surface area contributed by atoms with E-state index in [1.165, 1.54) is 0 Å². The highest BCUT2D eigenvalue weighted by Gasteiger charge is 2.23. The van der Waals surface area contributed by atoms with Crippen molar-refractivity contribution < 1.29 is 13.2 Å². The summed E-state index contributed by atoms with van der Waals surface area (Å²) < 4.78 is 22.6. The first-order valence-electron chi connectivity index (χ1n) is 7.58. The molecule has 7 nitrogen and oxygen atoms in total. The lowest BCUT2D eigenvalue weighted by Gasteiger charge is -2.08. The molecule has 1 aliphatic heterocycles. The van der Waals surface area contributed by atoms with Gasteiger partial charge in [-0.2, -0.15) is 0 Å². The Bertz CT molecular complexity index is 963. The molecule has 126 valence electrons. The number of hydrogen-bond acceptors (Lipinski definition) is 5. The Labute approximate surface area is 138 Å². The maximum atomic E-state index is 11.9. The summed E-state index contributed by atoms with van der Waals surface area (Å²) in [6.07, 6.45) is 2.08. The van der Waals surface area contributed by atoms with Crippen molar-refractivity contribution in [2.45, 2.75) is 12.8 Å². The normalized spacial score (nSPS) is 18.8. The van der Waals surface area contributed by atoms with Crippen molar-refractivity contribution in [2.24, 2.45) is 5.92 Å². The van der Waals surface area contributed by atoms with E-state index >= 15 is 0 Å². The number of aromatic amines is 1. The van der Waals surface area contributed by atoms with Gasteiger partial charge in [0.25, 0.3) is 5.56 Å². The Hall–Kier alpha value is -2.48. The second kappa shape index (κ2) is 6.56. The lowest BCUT2D eigenvalue weighted by molar-refractivity contribution is -0.121. The van der Waals surface area contributed by atoms with Gasteiger partial charge in [-0.05, 0) is 12.1 Å². The van der Waals surface area contributed by atoms with Crippen LogP contribution in [0.4, 0.5) is 0 Å². The van der Waals surface area contributed by atoms with Gasteiger partial charge in [0.2, 0.25) is 5.91 Å². The quantitative estimate of drug-likeness (QED) is 0.820. The van der Waals surface area contributed by atoms with E-state index in [0.717, 1.165) is 5.41 Å². The summed E-state index contributed by atoms with van der Waals surface area (Å²) in [5.41, 5.74) is 0.409. The Morgan fingerprint density at radius 2 is 2.12 bits per heavy atom. The van der Waals surface area contributed by atoms with Gasteiger partial charge in [-0.3, -0.25) is 9.59 Å². The number of carbonyl (C=O) groups is 1. The molecule has 1 amide bonds. The number of hydrogen-bond donors (Lipinski definition) is 2. The predicted molar refractivity (Wildman–Crippen MR) is 90.1 cm³/mol. The first-order chi connectivity index (χ1) is 11.4. The third kappa shape index (κ3) is 3.88. The van der Waals surface area contributed by atoms with Crippen LogP contribution in [0.5, 0.6) is 0 Å². The summed E-state index contributed by atoms with van der Waals surface area (Å²) in [6, 6.07) is 7.05. The monoisotopic (exact) mass is 347 g/mol. The fourth-order valence-electron chi connectivity index (χ4n) is 2.65. The molecule has 0 aliphatic carbocycles. The fraction of sp³-hybridized carbons (Fsp3) is 0.312. The largest absolute Gasteiger partial charge is 0.356 e. The van der Waals surface area contributed by atoms with Crippen LogP contribution in [0.15, 0.2) is 40.5 Å². The Morgan fingerprint density at radius 3 is 2.88 bits per heavy atom. The number of benzene rings is 1. The summed E-state index contributed by atoms with van der Waals surface area (Å²) >= 11 is 0. The molecular weight excluding hydrogens is 330 g/mol. The van der Waals surface area contributed by atoms with Crippen molar-refractivity contribution in [1.29, 1.82) is 0 Å². The van der Waals surface area contributed by atoms with Crippen molar-refractivity contribution >= 4 is 26.6 Å². The van der Waals surface area contributed by atoms with E-state index in [9.17, 15) is 18.0 Å². The van der Waals surface area contributed by atoms with Crippen LogP contribution in [0.3, 0.4) is 0 Å². The van der Waals surface area contributed by atoms with Crippen molar-refractivity contribution in [1.82, 2.24) is 15.3 Å². The minimum Gasteiger partial charge on any atom is -0.356 e. The summed E-state index contributed by atoms with van der Waals surface area (Å²) in [5, 5.41) is 4.41. The van der Waals surface area contributed by atoms with Crippen LogP contribution in [0.1, 0.15) is 12.2 Å². The molecule has 24 heavy (non-hydrogen) atoms. The summed E-state index contributed by atoms with van der Waals surface area (Å²) in [4.78, 5) is 30.8. The van der Waals surface area contributed by atoms with Crippen LogP contribution in [-0.2, 0) is 21.1 Å². The van der Waals surface area contributed by atoms with Gasteiger partial charge >= 0.3 is 0 Å². The van der Waals surface area contributed by atoms with Gasteiger partial charge < -0.3 is 10.3 Å². The molecule has 1 aliphatic rings. The summed E-state index contributed by atoms with van der Waals surface area (Å²) in [5.74, 6) is 0.000736. The molecule has 0 saturated carbocycles. The second-order valence-electron chi connectivity index (χ2n) is 5.75. The molecule has 2 heterocycles. The minimum absolute atomic E-state index is 0.0139. The minimum atomic E-state index is -3.14. The molecule has 2 N–H and O–H groups in total. The van der Waals surface area contributed by atoms with Gasteiger partial charge in [-0.1, -0.05) is 18.2 Å². The average molecular weight is 347 g/mol. The highest BCUT2D eigenvalue weighted by Crippen LogP contribution is 2.17. The van der Waals surface area contributed by atoms with Gasteiger partial charge in [0, 0.05) is 30.7 Å². The molecule has 3 rings (SSSR count). The Balaban J connectivity index is 1.54. The second-order valence-corrected chi connectivity index (χ2v) is 7.68. The zero-order chi connectivity index (χ0) is 17.2. The highest BCUT2D eigenvalue weighted by atomic mass is 32.2. The molecule has 0 unspecified atom stereocenters. The standard InChI is InChI=1S/C16H17N3O4S/c20-15(9-11-6-8-24(22,23)10-11)17-7-5-14-18-13-4-2-1-3-12(13)16(21)19-14/h1-4,6,8,11H,5,7,9-10H2,(H,17,20)(H,18,19,21)/t11-/m0/s1. The molecule has 1 aromatic carbocycles. The third-order valence-corrected chi connectivity index (χ3v) is 5.26. The predicted octanol–water partition coefficient (Wildman–Crippen LogP) is 0.530. The lowest BCUT2D eigenvalue weighted by atomic mass is 10.1. The van der Waals surface area contributed by atoms with Crippen molar-refractivity contribution in [3.63, 3.8) is 0 Å². The van der Waals surface area contributed by atoms with E-state index in [0.29, 0.717) is 29.7 Å². The number of nitrogens with one attached hydrogen (secondary N) is 2. The molecule has 1 atom stereocenters. The zero-order valence-corrected chi connectivity index (χ0v) is 13.7. The number of aromatic nitrogens is 2. The van der Waals surface area contributed by atoms with Crippen LogP contribution >= 0.6 is 0 Å². The highest BCUT2D eigenvalue weighted by molar-refractivity contribution is 7.94. The van der Waals surface area contributed by atoms with Gasteiger partial charge in [0.15, 0.2) is 9.84 Å². The van der Waals surface area contributed by atoms with E-state index in [-0.39, 0.29) is 29.6 Å². The maximum Gasteiger partial charge on any atom is 0.258 e. The van der Waals surface area contributed by atoms with Gasteiger partial charge in [0.1, 0.15) is 5.82 Å². The molecule has 0 spiro atoms. The number of nitrogens with zero attached hydrogens (tertiary/aromatic N) is 1. The molecule has 8 heteroatoms. The SMILES string of the molecule is O=C(C[C@@H]1C=CS(=O)(=O)C1)NCCc1nc2ccccc2c(=O)[nH]1. The number of H-pyrrole nitrogens is 1. The smallest absolute Gasteiger partial charge is 0.258 e. The van der Waals surface area contributed by atoms with Crippen molar-refractivity contribution in [3.8, 4) is 0 Å². The van der Waals surface area contributed by atoms with Gasteiger partial charge in [-0.25, -0.2) is 13.4 Å². The number of para-hydroxylation sites is 1. The first kappa shape index (κ1) is 16.4. The molecule has 0 radical (unpaired) electrons. The molecule has 0 saturated heterocycles. The number of amides is 1. The number of allylic oxidation sites excluding steroid dienone is 1. The Kier molecular flexibility index (Phi) is 4.48. The number of rotatable bonds is 5. The first-order valence-corrected chi connectivity index (χ1v) is 9.30. The molecule has 1 aromatic heterocycles. The van der Waals surface area contributed by atoms with Crippen molar-refractivity contribution in [2.75, 3.05) is 12.3 Å². The summed E-state index contributed by atoms with van der Waals surface area (Å²) in [7, 11) is -3.14. The van der Waals surface area contributed by atoms with Crippen LogP contribution in [0.2, 0.25) is 0 Å². The van der Waals surface area contributed by atoms with E-state index in [1.54, 1.807) is 24.3 Å². The van der Waals surface area contributed by atoms with Crippen LogP contribution in [-0.4, -0.2) is 36.6 Å². The van der Waals surface area contributed by atoms with E-state index in [2.05, 4.69) is 15.3 Å². The molecule has 0 fully saturated rings. The van der Waals surface area contributed by atoms with Crippen LogP contribution in [0, 0.1) is 5.92 Å². The van der Waals surface area contributed by atoms with Crippen LogP contribution in [0.25, 0.3) is 10.9 Å². The zero-order valence-electron chi connectivity index (χ0n) is 12.9. The number of fused-ring (bicyclic) bond motifs is 1. The van der Waals surface area contributed by atoms with E-state index in [1.807, 2.05) is 6.07 Å². The maximum absolute atomic E-state index is 11.9. The van der Waals surface area contributed by atoms with Crippen molar-refractivity contribution in [3.05, 3.63) is 51.9 Å². The third-order valence-electron chi connectivity index (χ3n) is 3.80. The Morgan fingerprint density at radius 1 is 1.33 bits per heavy atom. The van der Waals surface area contributed by atoms with E-state index < -0.39 is 9.84 Å². The van der Waals surface area contributed by atoms with Gasteiger partial charge in [0.05, 0.1) is 16.7 Å². The van der Waals surface area contributed by atoms with Gasteiger partial charge in [-0.15, -0.1) is 0 Å². The molecule has 2 aromatic rings. The fourth-order valence-corrected chi connectivity index (χ4v) is 4.05. The lowest BCUT2D eigenvalue weighted by Crippen LogP contribution is -2.28. The van der Waals surface area contributed by atoms with Crippen LogP contribution < -0.4 is 10.9 Å².